The third-order valence-corrected chi connectivity index (χ3v) is 4.56. The van der Waals surface area contributed by atoms with Gasteiger partial charge in [0, 0.05) is 35.9 Å². The number of halogens is 3. The predicted molar refractivity (Wildman–Crippen MR) is 106 cm³/mol. The van der Waals surface area contributed by atoms with Crippen LogP contribution in [0.1, 0.15) is 18.1 Å². The highest BCUT2D eigenvalue weighted by Gasteiger charge is 2.07. The maximum Gasteiger partial charge on any atom is 0.0910 e. The maximum absolute atomic E-state index is 6.35. The van der Waals surface area contributed by atoms with Crippen molar-refractivity contribution in [3.05, 3.63) is 56.5 Å². The average molecular weight is 385 g/mol. The highest BCUT2D eigenvalue weighted by atomic mass is 35.5. The molecule has 0 unspecified atom stereocenters. The van der Waals surface area contributed by atoms with Gasteiger partial charge in [-0.25, -0.2) is 4.99 Å². The van der Waals surface area contributed by atoms with E-state index in [9.17, 15) is 0 Å². The zero-order valence-corrected chi connectivity index (χ0v) is 16.2. The van der Waals surface area contributed by atoms with Crippen molar-refractivity contribution in [2.75, 3.05) is 18.9 Å². The summed E-state index contributed by atoms with van der Waals surface area (Å²) in [6.45, 7) is 5.56. The van der Waals surface area contributed by atoms with Gasteiger partial charge in [-0.15, -0.1) is 0 Å². The summed E-state index contributed by atoms with van der Waals surface area (Å²) in [5.41, 5.74) is 3.75. The Morgan fingerprint density at radius 1 is 1.12 bits per heavy atom. The summed E-state index contributed by atoms with van der Waals surface area (Å²) >= 11 is 18.5. The van der Waals surface area contributed by atoms with Gasteiger partial charge in [-0.05, 0) is 49.2 Å². The second kappa shape index (κ2) is 8.61. The smallest absolute Gasteiger partial charge is 0.0910 e. The Morgan fingerprint density at radius 2 is 1.88 bits per heavy atom. The lowest BCUT2D eigenvalue weighted by molar-refractivity contribution is 0.552. The molecule has 3 nitrogen and oxygen atoms in total. The molecular weight excluding hydrogens is 365 g/mol. The molecule has 0 aliphatic rings. The van der Waals surface area contributed by atoms with Crippen LogP contribution in [0.15, 0.2) is 35.3 Å². The van der Waals surface area contributed by atoms with Crippen LogP contribution in [0, 0.1) is 6.92 Å². The van der Waals surface area contributed by atoms with E-state index in [4.69, 9.17) is 34.8 Å². The molecular formula is C18H20Cl3N3. The van der Waals surface area contributed by atoms with Crippen molar-refractivity contribution in [3.63, 3.8) is 0 Å². The Balaban J connectivity index is 2.14. The highest BCUT2D eigenvalue weighted by Crippen LogP contribution is 2.31. The van der Waals surface area contributed by atoms with Gasteiger partial charge in [-0.1, -0.05) is 40.9 Å². The zero-order valence-electron chi connectivity index (χ0n) is 13.9. The molecule has 0 saturated heterocycles. The van der Waals surface area contributed by atoms with E-state index in [1.54, 1.807) is 12.4 Å². The van der Waals surface area contributed by atoms with E-state index in [-0.39, 0.29) is 0 Å². The van der Waals surface area contributed by atoms with Crippen molar-refractivity contribution >= 4 is 52.5 Å². The van der Waals surface area contributed by atoms with E-state index in [0.717, 1.165) is 29.0 Å². The van der Waals surface area contributed by atoms with Crippen LogP contribution >= 0.6 is 34.8 Å². The molecule has 0 aliphatic carbocycles. The number of anilines is 1. The summed E-state index contributed by atoms with van der Waals surface area (Å²) in [6, 6.07) is 9.33. The minimum atomic E-state index is 0.592. The number of benzene rings is 2. The fourth-order valence-corrected chi connectivity index (χ4v) is 2.74. The minimum absolute atomic E-state index is 0.592. The van der Waals surface area contributed by atoms with Gasteiger partial charge in [-0.3, -0.25) is 0 Å². The average Bonchev–Trinajstić information content (AvgIpc) is 2.54. The first-order valence-corrected chi connectivity index (χ1v) is 8.76. The molecule has 0 heterocycles. The van der Waals surface area contributed by atoms with Crippen LogP contribution in [0.4, 0.5) is 11.4 Å². The summed E-state index contributed by atoms with van der Waals surface area (Å²) in [4.78, 5) is 6.41. The van der Waals surface area contributed by atoms with Crippen molar-refractivity contribution in [1.82, 2.24) is 4.90 Å². The molecule has 0 saturated carbocycles. The topological polar surface area (TPSA) is 27.6 Å². The van der Waals surface area contributed by atoms with Crippen LogP contribution < -0.4 is 5.32 Å². The first kappa shape index (κ1) is 18.9. The molecule has 24 heavy (non-hydrogen) atoms. The third kappa shape index (κ3) is 5.04. The van der Waals surface area contributed by atoms with Gasteiger partial charge in [0.25, 0.3) is 0 Å². The van der Waals surface area contributed by atoms with Crippen LogP contribution in [0.25, 0.3) is 0 Å². The number of aryl methyl sites for hydroxylation is 1. The number of aliphatic imine (C=N–C) groups is 1. The minimum Gasteiger partial charge on any atom is -0.381 e. The van der Waals surface area contributed by atoms with Crippen LogP contribution in [-0.4, -0.2) is 24.8 Å². The van der Waals surface area contributed by atoms with Gasteiger partial charge < -0.3 is 10.2 Å². The van der Waals surface area contributed by atoms with Crippen LogP contribution in [0.3, 0.4) is 0 Å². The molecule has 2 aromatic rings. The quantitative estimate of drug-likeness (QED) is 0.476. The second-order valence-corrected chi connectivity index (χ2v) is 6.78. The van der Waals surface area contributed by atoms with Crippen molar-refractivity contribution in [2.45, 2.75) is 20.4 Å². The lowest BCUT2D eigenvalue weighted by Crippen LogP contribution is -2.14. The van der Waals surface area contributed by atoms with Crippen LogP contribution in [-0.2, 0) is 6.54 Å². The van der Waals surface area contributed by atoms with E-state index in [1.807, 2.05) is 43.1 Å². The Kier molecular flexibility index (Phi) is 6.79. The maximum atomic E-state index is 6.35. The zero-order chi connectivity index (χ0) is 17.7. The molecule has 128 valence electrons. The summed E-state index contributed by atoms with van der Waals surface area (Å²) in [7, 11) is 1.97. The fourth-order valence-electron chi connectivity index (χ4n) is 2.05. The molecule has 0 fully saturated rings. The van der Waals surface area contributed by atoms with Gasteiger partial charge in [0.1, 0.15) is 0 Å². The summed E-state index contributed by atoms with van der Waals surface area (Å²) < 4.78 is 0. The lowest BCUT2D eigenvalue weighted by Gasteiger charge is -2.13. The molecule has 0 aliphatic heterocycles. The van der Waals surface area contributed by atoms with Gasteiger partial charge in [-0.2, -0.15) is 0 Å². The normalized spacial score (nSPS) is 11.1. The lowest BCUT2D eigenvalue weighted by atomic mass is 10.1. The molecule has 0 amide bonds. The van der Waals surface area contributed by atoms with E-state index < -0.39 is 0 Å². The van der Waals surface area contributed by atoms with Gasteiger partial charge >= 0.3 is 0 Å². The third-order valence-electron chi connectivity index (χ3n) is 3.67. The van der Waals surface area contributed by atoms with E-state index in [1.165, 1.54) is 0 Å². The molecule has 6 heteroatoms. The summed E-state index contributed by atoms with van der Waals surface area (Å²) in [5.74, 6) is 0. The molecule has 1 N–H and O–H groups in total. The van der Waals surface area contributed by atoms with Gasteiger partial charge in [0.15, 0.2) is 0 Å². The Labute approximate surface area is 158 Å². The van der Waals surface area contributed by atoms with Crippen molar-refractivity contribution < 1.29 is 0 Å². The van der Waals surface area contributed by atoms with Gasteiger partial charge in [0.2, 0.25) is 0 Å². The molecule has 0 radical (unpaired) electrons. The van der Waals surface area contributed by atoms with Crippen molar-refractivity contribution in [2.24, 2.45) is 4.99 Å². The number of nitrogens with one attached hydrogen (secondary N) is 1. The summed E-state index contributed by atoms with van der Waals surface area (Å²) in [6.07, 6.45) is 1.78. The van der Waals surface area contributed by atoms with E-state index >= 15 is 0 Å². The molecule has 2 rings (SSSR count). The largest absolute Gasteiger partial charge is 0.381 e. The highest BCUT2D eigenvalue weighted by molar-refractivity contribution is 6.35. The van der Waals surface area contributed by atoms with E-state index in [0.29, 0.717) is 21.6 Å². The van der Waals surface area contributed by atoms with Crippen LogP contribution in [0.5, 0.6) is 0 Å². The Bertz CT molecular complexity index is 745. The standard InChI is InChI=1S/C18H20Cl3N3/c1-4-24(3)11-23-18-7-12(2)17(9-16(18)21)22-10-13-5-6-14(19)8-15(13)20/h5-9,11,22H,4,10H2,1-3H3/b23-11-. The fraction of sp³-hybridized carbons (Fsp3) is 0.278. The predicted octanol–water partition coefficient (Wildman–Crippen LogP) is 6.18. The molecule has 0 atom stereocenters. The first-order valence-electron chi connectivity index (χ1n) is 7.63. The van der Waals surface area contributed by atoms with Crippen molar-refractivity contribution in [3.8, 4) is 0 Å². The number of rotatable bonds is 6. The monoisotopic (exact) mass is 383 g/mol. The number of hydrogen-bond acceptors (Lipinski definition) is 2. The first-order chi connectivity index (χ1) is 11.4. The Morgan fingerprint density at radius 3 is 2.54 bits per heavy atom. The molecule has 0 bridgehead atoms. The molecule has 0 aromatic heterocycles. The summed E-state index contributed by atoms with van der Waals surface area (Å²) in [5, 5.41) is 5.23. The van der Waals surface area contributed by atoms with Crippen molar-refractivity contribution in [1.29, 1.82) is 0 Å². The van der Waals surface area contributed by atoms with Gasteiger partial charge in [0.05, 0.1) is 17.0 Å². The number of hydrogen-bond donors (Lipinski definition) is 1. The van der Waals surface area contributed by atoms with E-state index in [2.05, 4.69) is 17.2 Å². The number of nitrogens with zero attached hydrogens (tertiary/aromatic N) is 2. The SMILES string of the molecule is CCN(C)/C=N\c1cc(C)c(NCc2ccc(Cl)cc2Cl)cc1Cl. The van der Waals surface area contributed by atoms with Crippen LogP contribution in [0.2, 0.25) is 15.1 Å². The molecule has 2 aromatic carbocycles. The Hall–Kier alpha value is -1.42. The molecule has 0 spiro atoms. The second-order valence-electron chi connectivity index (χ2n) is 5.53.